The number of benzene rings is 2. The van der Waals surface area contributed by atoms with Gasteiger partial charge in [0.15, 0.2) is 0 Å². The number of carbonyl (C=O) groups excluding carboxylic acids is 1. The van der Waals surface area contributed by atoms with Gasteiger partial charge in [-0.2, -0.15) is 0 Å². The maximum Gasteiger partial charge on any atom is 0.236 e. The van der Waals surface area contributed by atoms with Gasteiger partial charge in [-0.25, -0.2) is 0 Å². The summed E-state index contributed by atoms with van der Waals surface area (Å²) in [5.41, 5.74) is 1.24. The minimum Gasteiger partial charge on any atom is -0.342 e. The van der Waals surface area contributed by atoms with E-state index in [1.807, 2.05) is 24.8 Å². The van der Waals surface area contributed by atoms with Crippen LogP contribution in [0.3, 0.4) is 0 Å². The highest BCUT2D eigenvalue weighted by molar-refractivity contribution is 5.86. The Hall–Kier alpha value is -1.87. The highest BCUT2D eigenvalue weighted by Gasteiger charge is 2.13. The molecular formula is C18H24N2O. The second-order valence-corrected chi connectivity index (χ2v) is 5.24. The van der Waals surface area contributed by atoms with Crippen molar-refractivity contribution in [3.05, 3.63) is 48.0 Å². The Morgan fingerprint density at radius 3 is 2.48 bits per heavy atom. The van der Waals surface area contributed by atoms with E-state index < -0.39 is 0 Å². The van der Waals surface area contributed by atoms with E-state index in [4.69, 9.17) is 0 Å². The van der Waals surface area contributed by atoms with Gasteiger partial charge in [0, 0.05) is 19.1 Å². The SMILES string of the molecule is CCN(CC)C(=O)CNC(C)c1cccc2ccccc12. The molecule has 1 N–H and O–H groups in total. The van der Waals surface area contributed by atoms with E-state index in [1.54, 1.807) is 0 Å². The fourth-order valence-electron chi connectivity index (χ4n) is 2.67. The minimum atomic E-state index is 0.149. The summed E-state index contributed by atoms with van der Waals surface area (Å²) in [7, 11) is 0. The molecule has 0 fully saturated rings. The van der Waals surface area contributed by atoms with Crippen LogP contribution in [0.15, 0.2) is 42.5 Å². The number of nitrogens with zero attached hydrogens (tertiary/aromatic N) is 1. The number of hydrogen-bond donors (Lipinski definition) is 1. The van der Waals surface area contributed by atoms with E-state index in [-0.39, 0.29) is 11.9 Å². The third kappa shape index (κ3) is 3.61. The second-order valence-electron chi connectivity index (χ2n) is 5.24. The molecule has 3 nitrogen and oxygen atoms in total. The highest BCUT2D eigenvalue weighted by atomic mass is 16.2. The maximum atomic E-state index is 12.1. The lowest BCUT2D eigenvalue weighted by atomic mass is 10.00. The summed E-state index contributed by atoms with van der Waals surface area (Å²) in [5.74, 6) is 0.159. The Morgan fingerprint density at radius 1 is 1.10 bits per heavy atom. The van der Waals surface area contributed by atoms with Crippen molar-refractivity contribution in [3.63, 3.8) is 0 Å². The molecule has 0 aliphatic heterocycles. The molecule has 0 bridgehead atoms. The van der Waals surface area contributed by atoms with Crippen LogP contribution in [0.2, 0.25) is 0 Å². The average Bonchev–Trinajstić information content (AvgIpc) is 2.53. The maximum absolute atomic E-state index is 12.1. The predicted molar refractivity (Wildman–Crippen MR) is 88.3 cm³/mol. The first kappa shape index (κ1) is 15.5. The first-order valence-electron chi connectivity index (χ1n) is 7.66. The molecule has 1 amide bonds. The van der Waals surface area contributed by atoms with Crippen molar-refractivity contribution in [2.24, 2.45) is 0 Å². The fraction of sp³-hybridized carbons (Fsp3) is 0.389. The van der Waals surface area contributed by atoms with Crippen molar-refractivity contribution in [2.75, 3.05) is 19.6 Å². The molecule has 3 heteroatoms. The van der Waals surface area contributed by atoms with E-state index in [0.717, 1.165) is 13.1 Å². The van der Waals surface area contributed by atoms with Crippen LogP contribution in [-0.4, -0.2) is 30.4 Å². The van der Waals surface area contributed by atoms with Crippen molar-refractivity contribution in [1.82, 2.24) is 10.2 Å². The van der Waals surface area contributed by atoms with Gasteiger partial charge < -0.3 is 10.2 Å². The first-order chi connectivity index (χ1) is 10.2. The van der Waals surface area contributed by atoms with E-state index in [0.29, 0.717) is 6.54 Å². The smallest absolute Gasteiger partial charge is 0.236 e. The van der Waals surface area contributed by atoms with Gasteiger partial charge in [-0.15, -0.1) is 0 Å². The Kier molecular flexibility index (Phi) is 5.34. The van der Waals surface area contributed by atoms with E-state index in [1.165, 1.54) is 16.3 Å². The largest absolute Gasteiger partial charge is 0.342 e. The molecule has 0 saturated heterocycles. The lowest BCUT2D eigenvalue weighted by Gasteiger charge is -2.21. The van der Waals surface area contributed by atoms with Crippen molar-refractivity contribution >= 4 is 16.7 Å². The molecule has 2 aromatic carbocycles. The second kappa shape index (κ2) is 7.23. The molecule has 2 aromatic rings. The van der Waals surface area contributed by atoms with Crippen molar-refractivity contribution < 1.29 is 4.79 Å². The zero-order chi connectivity index (χ0) is 15.2. The number of hydrogen-bond acceptors (Lipinski definition) is 2. The van der Waals surface area contributed by atoms with Crippen molar-refractivity contribution in [3.8, 4) is 0 Å². The summed E-state index contributed by atoms with van der Waals surface area (Å²) in [4.78, 5) is 13.9. The van der Waals surface area contributed by atoms with Gasteiger partial charge in [0.2, 0.25) is 5.91 Å². The van der Waals surface area contributed by atoms with Crippen molar-refractivity contribution in [2.45, 2.75) is 26.8 Å². The molecule has 112 valence electrons. The lowest BCUT2D eigenvalue weighted by molar-refractivity contribution is -0.129. The summed E-state index contributed by atoms with van der Waals surface area (Å²) in [6, 6.07) is 14.8. The monoisotopic (exact) mass is 284 g/mol. The highest BCUT2D eigenvalue weighted by Crippen LogP contribution is 2.23. The summed E-state index contributed by atoms with van der Waals surface area (Å²) >= 11 is 0. The van der Waals surface area contributed by atoms with Crippen LogP contribution in [-0.2, 0) is 4.79 Å². The topological polar surface area (TPSA) is 32.3 Å². The Morgan fingerprint density at radius 2 is 1.76 bits per heavy atom. The summed E-state index contributed by atoms with van der Waals surface area (Å²) in [5, 5.41) is 5.83. The molecule has 0 aromatic heterocycles. The number of nitrogens with one attached hydrogen (secondary N) is 1. The Balaban J connectivity index is 2.09. The van der Waals surface area contributed by atoms with Gasteiger partial charge in [-0.1, -0.05) is 42.5 Å². The first-order valence-corrected chi connectivity index (χ1v) is 7.66. The zero-order valence-electron chi connectivity index (χ0n) is 13.1. The number of carbonyl (C=O) groups is 1. The minimum absolute atomic E-state index is 0.149. The molecule has 0 radical (unpaired) electrons. The predicted octanol–water partition coefficient (Wildman–Crippen LogP) is 3.36. The Labute approximate surface area is 127 Å². The molecule has 21 heavy (non-hydrogen) atoms. The molecule has 1 unspecified atom stereocenters. The molecule has 0 spiro atoms. The quantitative estimate of drug-likeness (QED) is 0.882. The molecule has 0 saturated carbocycles. The molecular weight excluding hydrogens is 260 g/mol. The van der Waals surface area contributed by atoms with Gasteiger partial charge >= 0.3 is 0 Å². The number of fused-ring (bicyclic) bond motifs is 1. The molecule has 0 heterocycles. The van der Waals surface area contributed by atoms with Gasteiger partial charge in [0.25, 0.3) is 0 Å². The van der Waals surface area contributed by atoms with Gasteiger partial charge in [-0.3, -0.25) is 4.79 Å². The summed E-state index contributed by atoms with van der Waals surface area (Å²) in [6.07, 6.45) is 0. The summed E-state index contributed by atoms with van der Waals surface area (Å²) in [6.45, 7) is 8.04. The average molecular weight is 284 g/mol. The normalized spacial score (nSPS) is 12.3. The molecule has 2 rings (SSSR count). The van der Waals surface area contributed by atoms with E-state index in [9.17, 15) is 4.79 Å². The van der Waals surface area contributed by atoms with Crippen LogP contribution in [0.5, 0.6) is 0 Å². The van der Waals surface area contributed by atoms with Crippen LogP contribution < -0.4 is 5.32 Å². The molecule has 0 aliphatic rings. The summed E-state index contributed by atoms with van der Waals surface area (Å²) < 4.78 is 0. The third-order valence-electron chi connectivity index (χ3n) is 3.97. The molecule has 0 aliphatic carbocycles. The number of rotatable bonds is 6. The van der Waals surface area contributed by atoms with Crippen LogP contribution in [0.25, 0.3) is 10.8 Å². The Bertz CT molecular complexity index is 600. The number of likely N-dealkylation sites (N-methyl/N-ethyl adjacent to an activating group) is 1. The van der Waals surface area contributed by atoms with Gasteiger partial charge in [0.1, 0.15) is 0 Å². The van der Waals surface area contributed by atoms with Crippen LogP contribution in [0, 0.1) is 0 Å². The van der Waals surface area contributed by atoms with Crippen LogP contribution in [0.4, 0.5) is 0 Å². The van der Waals surface area contributed by atoms with Gasteiger partial charge in [0.05, 0.1) is 6.54 Å². The van der Waals surface area contributed by atoms with Crippen LogP contribution in [0.1, 0.15) is 32.4 Å². The van der Waals surface area contributed by atoms with E-state index in [2.05, 4.69) is 48.6 Å². The molecule has 1 atom stereocenters. The fourth-order valence-corrected chi connectivity index (χ4v) is 2.67. The lowest BCUT2D eigenvalue weighted by Crippen LogP contribution is -2.38. The number of amides is 1. The van der Waals surface area contributed by atoms with Gasteiger partial charge in [-0.05, 0) is 37.1 Å². The standard InChI is InChI=1S/C18H24N2O/c1-4-20(5-2)18(21)13-19-14(3)16-12-8-10-15-9-6-7-11-17(15)16/h6-12,14,19H,4-5,13H2,1-3H3. The third-order valence-corrected chi connectivity index (χ3v) is 3.97. The zero-order valence-corrected chi connectivity index (χ0v) is 13.1. The van der Waals surface area contributed by atoms with E-state index >= 15 is 0 Å². The van der Waals surface area contributed by atoms with Crippen molar-refractivity contribution in [1.29, 1.82) is 0 Å². The van der Waals surface area contributed by atoms with Crippen LogP contribution >= 0.6 is 0 Å².